The summed E-state index contributed by atoms with van der Waals surface area (Å²) in [5.41, 5.74) is 0.0149. The molecule has 0 atom stereocenters. The van der Waals surface area contributed by atoms with Gasteiger partial charge in [0.2, 0.25) is 0 Å². The summed E-state index contributed by atoms with van der Waals surface area (Å²) in [6, 6.07) is 7.34. The molecule has 0 aliphatic heterocycles. The lowest BCUT2D eigenvalue weighted by Gasteiger charge is -2.25. The van der Waals surface area contributed by atoms with Crippen LogP contribution in [0.2, 0.25) is 9.36 Å². The van der Waals surface area contributed by atoms with Crippen LogP contribution in [-0.2, 0) is 10.0 Å². The standard InChI is InChI=1S/C14H14Cl2N2O4S2/c1-9(2)8-17(11-5-3-10(15)4-6-11)24(21,22)13-7-12(18(19)20)14(16)23-13/h3-7,9H,8H2,1-2H3. The molecule has 0 aliphatic carbocycles. The van der Waals surface area contributed by atoms with Gasteiger partial charge < -0.3 is 0 Å². The van der Waals surface area contributed by atoms with Crippen molar-refractivity contribution >= 4 is 55.9 Å². The Hall–Kier alpha value is -1.35. The monoisotopic (exact) mass is 408 g/mol. The van der Waals surface area contributed by atoms with E-state index < -0.39 is 20.6 Å². The topological polar surface area (TPSA) is 80.5 Å². The third-order valence-electron chi connectivity index (χ3n) is 3.03. The van der Waals surface area contributed by atoms with E-state index in [-0.39, 0.29) is 21.0 Å². The van der Waals surface area contributed by atoms with Gasteiger partial charge >= 0.3 is 0 Å². The van der Waals surface area contributed by atoms with Gasteiger partial charge in [-0.3, -0.25) is 14.4 Å². The maximum Gasteiger partial charge on any atom is 0.300 e. The predicted molar refractivity (Wildman–Crippen MR) is 96.8 cm³/mol. The number of hydrogen-bond donors (Lipinski definition) is 0. The number of benzene rings is 1. The normalized spacial score (nSPS) is 11.7. The zero-order chi connectivity index (χ0) is 18.1. The lowest BCUT2D eigenvalue weighted by atomic mass is 10.2. The van der Waals surface area contributed by atoms with Gasteiger partial charge in [-0.1, -0.05) is 37.0 Å². The number of rotatable bonds is 6. The molecule has 0 aliphatic rings. The minimum absolute atomic E-state index is 0.0425. The van der Waals surface area contributed by atoms with Gasteiger partial charge in [-0.2, -0.15) is 0 Å². The van der Waals surface area contributed by atoms with Crippen LogP contribution in [0.15, 0.2) is 34.5 Å². The Bertz CT molecular complexity index is 848. The van der Waals surface area contributed by atoms with Crippen LogP contribution in [0.3, 0.4) is 0 Å². The fourth-order valence-corrected chi connectivity index (χ4v) is 5.51. The summed E-state index contributed by atoms with van der Waals surface area (Å²) < 4.78 is 26.8. The first-order chi connectivity index (χ1) is 11.1. The largest absolute Gasteiger partial charge is 0.300 e. The van der Waals surface area contributed by atoms with Crippen molar-refractivity contribution in [1.29, 1.82) is 0 Å². The van der Waals surface area contributed by atoms with Gasteiger partial charge in [0, 0.05) is 17.6 Å². The first-order valence-electron chi connectivity index (χ1n) is 6.85. The molecule has 1 aromatic carbocycles. The fourth-order valence-electron chi connectivity index (χ4n) is 1.98. The zero-order valence-electron chi connectivity index (χ0n) is 12.8. The van der Waals surface area contributed by atoms with E-state index in [1.807, 2.05) is 13.8 Å². The molecule has 6 nitrogen and oxygen atoms in total. The third-order valence-corrected chi connectivity index (χ3v) is 6.87. The molecule has 0 fully saturated rings. The van der Waals surface area contributed by atoms with Crippen molar-refractivity contribution in [2.75, 3.05) is 10.8 Å². The van der Waals surface area contributed by atoms with E-state index in [9.17, 15) is 18.5 Å². The smallest absolute Gasteiger partial charge is 0.265 e. The number of anilines is 1. The molecule has 2 aromatic rings. The molecule has 0 spiro atoms. The predicted octanol–water partition coefficient (Wildman–Crippen LogP) is 4.81. The van der Waals surface area contributed by atoms with Crippen molar-refractivity contribution in [2.24, 2.45) is 5.92 Å². The number of nitrogens with zero attached hydrogens (tertiary/aromatic N) is 2. The van der Waals surface area contributed by atoms with Crippen molar-refractivity contribution in [1.82, 2.24) is 0 Å². The molecule has 130 valence electrons. The first-order valence-corrected chi connectivity index (χ1v) is 9.86. The molecular weight excluding hydrogens is 395 g/mol. The molecule has 1 heterocycles. The van der Waals surface area contributed by atoms with Crippen LogP contribution in [0.1, 0.15) is 13.8 Å². The lowest BCUT2D eigenvalue weighted by Crippen LogP contribution is -2.33. The van der Waals surface area contributed by atoms with Crippen LogP contribution in [0.5, 0.6) is 0 Å². The Morgan fingerprint density at radius 3 is 2.29 bits per heavy atom. The van der Waals surface area contributed by atoms with Gasteiger partial charge in [0.05, 0.1) is 10.6 Å². The molecule has 0 saturated carbocycles. The highest BCUT2D eigenvalue weighted by Gasteiger charge is 2.31. The molecule has 0 radical (unpaired) electrons. The summed E-state index contributed by atoms with van der Waals surface area (Å²) in [5, 5.41) is 11.4. The second-order valence-corrected chi connectivity index (χ2v) is 9.57. The second kappa shape index (κ2) is 7.26. The molecular formula is C14H14Cl2N2O4S2. The summed E-state index contributed by atoms with van der Waals surface area (Å²) in [7, 11) is -3.98. The van der Waals surface area contributed by atoms with E-state index in [1.165, 1.54) is 4.31 Å². The van der Waals surface area contributed by atoms with E-state index in [0.717, 1.165) is 6.07 Å². The quantitative estimate of drug-likeness (QED) is 0.506. The number of thiophene rings is 1. The molecule has 0 amide bonds. The first kappa shape index (κ1) is 19.0. The average Bonchev–Trinajstić information content (AvgIpc) is 2.88. The highest BCUT2D eigenvalue weighted by Crippen LogP contribution is 2.38. The summed E-state index contributed by atoms with van der Waals surface area (Å²) in [4.78, 5) is 10.2. The summed E-state index contributed by atoms with van der Waals surface area (Å²) in [6.07, 6.45) is 0. The molecule has 0 bridgehead atoms. The van der Waals surface area contributed by atoms with E-state index >= 15 is 0 Å². The Balaban J connectivity index is 2.53. The van der Waals surface area contributed by atoms with Crippen molar-refractivity contribution in [3.63, 3.8) is 0 Å². The van der Waals surface area contributed by atoms with Gasteiger partial charge in [0.1, 0.15) is 4.21 Å². The molecule has 0 unspecified atom stereocenters. The Morgan fingerprint density at radius 1 is 1.25 bits per heavy atom. The lowest BCUT2D eigenvalue weighted by molar-refractivity contribution is -0.384. The van der Waals surface area contributed by atoms with E-state index in [0.29, 0.717) is 22.0 Å². The third kappa shape index (κ3) is 4.00. The zero-order valence-corrected chi connectivity index (χ0v) is 15.9. The molecule has 0 saturated heterocycles. The highest BCUT2D eigenvalue weighted by molar-refractivity contribution is 7.94. The van der Waals surface area contributed by atoms with Crippen molar-refractivity contribution in [3.8, 4) is 0 Å². The van der Waals surface area contributed by atoms with E-state index in [4.69, 9.17) is 23.2 Å². The van der Waals surface area contributed by atoms with E-state index in [1.54, 1.807) is 24.3 Å². The molecule has 10 heteroatoms. The maximum absolute atomic E-state index is 13.0. The number of halogens is 2. The van der Waals surface area contributed by atoms with Crippen molar-refractivity contribution in [2.45, 2.75) is 18.1 Å². The SMILES string of the molecule is CC(C)CN(c1ccc(Cl)cc1)S(=O)(=O)c1cc([N+](=O)[O-])c(Cl)s1. The second-order valence-electron chi connectivity index (χ2n) is 5.39. The number of hydrogen-bond acceptors (Lipinski definition) is 5. The van der Waals surface area contributed by atoms with Crippen LogP contribution in [-0.4, -0.2) is 19.9 Å². The average molecular weight is 409 g/mol. The molecule has 2 rings (SSSR count). The summed E-state index contributed by atoms with van der Waals surface area (Å²) >= 11 is 12.3. The van der Waals surface area contributed by atoms with Crippen LogP contribution < -0.4 is 4.31 Å². The minimum Gasteiger partial charge on any atom is -0.265 e. The van der Waals surface area contributed by atoms with Gasteiger partial charge in [-0.15, -0.1) is 11.3 Å². The Morgan fingerprint density at radius 2 is 1.83 bits per heavy atom. The Kier molecular flexibility index (Phi) is 5.74. The van der Waals surface area contributed by atoms with Crippen molar-refractivity contribution in [3.05, 3.63) is 49.8 Å². The minimum atomic E-state index is -3.98. The van der Waals surface area contributed by atoms with Gasteiger partial charge in [0.25, 0.3) is 15.7 Å². The summed E-state index contributed by atoms with van der Waals surface area (Å²) in [5.74, 6) is 0.0425. The van der Waals surface area contributed by atoms with Crippen LogP contribution in [0, 0.1) is 16.0 Å². The van der Waals surface area contributed by atoms with Crippen LogP contribution >= 0.6 is 34.5 Å². The maximum atomic E-state index is 13.0. The molecule has 24 heavy (non-hydrogen) atoms. The van der Waals surface area contributed by atoms with Crippen molar-refractivity contribution < 1.29 is 13.3 Å². The highest BCUT2D eigenvalue weighted by atomic mass is 35.5. The number of nitro groups is 1. The van der Waals surface area contributed by atoms with Gasteiger partial charge in [0.15, 0.2) is 4.34 Å². The van der Waals surface area contributed by atoms with Gasteiger partial charge in [-0.25, -0.2) is 8.42 Å². The van der Waals surface area contributed by atoms with E-state index in [2.05, 4.69) is 0 Å². The Labute approximate surface area is 153 Å². The fraction of sp³-hybridized carbons (Fsp3) is 0.286. The van der Waals surface area contributed by atoms with Crippen LogP contribution in [0.4, 0.5) is 11.4 Å². The molecule has 1 aromatic heterocycles. The van der Waals surface area contributed by atoms with Gasteiger partial charge in [-0.05, 0) is 30.2 Å². The molecule has 0 N–H and O–H groups in total. The number of sulfonamides is 1. The summed E-state index contributed by atoms with van der Waals surface area (Å²) in [6.45, 7) is 3.97. The van der Waals surface area contributed by atoms with Crippen LogP contribution in [0.25, 0.3) is 0 Å².